The molecule has 1 atom stereocenters. The largest absolute Gasteiger partial charge is 0.309 e. The molecule has 0 aliphatic heterocycles. The Balaban J connectivity index is 2.19. The van der Waals surface area contributed by atoms with E-state index in [0.29, 0.717) is 6.04 Å². The zero-order chi connectivity index (χ0) is 11.5. The number of nitrogens with one attached hydrogen (secondary N) is 1. The maximum atomic E-state index is 4.62. The lowest BCUT2D eigenvalue weighted by Gasteiger charge is -2.07. The van der Waals surface area contributed by atoms with E-state index in [1.54, 1.807) is 22.7 Å². The van der Waals surface area contributed by atoms with Crippen LogP contribution in [0.3, 0.4) is 0 Å². The normalized spacial score (nSPS) is 12.9. The van der Waals surface area contributed by atoms with Crippen LogP contribution in [-0.2, 0) is 0 Å². The molecule has 0 amide bonds. The summed E-state index contributed by atoms with van der Waals surface area (Å²) in [4.78, 5) is 9.06. The average molecular weight is 253 g/mol. The standard InChI is InChI=1S/C11H15N3S2/c1-4-12-8(3)9-6-16-11(14-9)10-13-7(2)5-15-10/h5-6,8,12H,4H2,1-3H3. The summed E-state index contributed by atoms with van der Waals surface area (Å²) >= 11 is 3.32. The maximum Gasteiger partial charge on any atom is 0.152 e. The molecule has 0 saturated carbocycles. The van der Waals surface area contributed by atoms with Crippen molar-refractivity contribution in [2.75, 3.05) is 6.54 Å². The molecule has 1 N–H and O–H groups in total. The van der Waals surface area contributed by atoms with Crippen LogP contribution >= 0.6 is 22.7 Å². The lowest BCUT2D eigenvalue weighted by molar-refractivity contribution is 0.587. The minimum atomic E-state index is 0.316. The zero-order valence-electron chi connectivity index (χ0n) is 9.65. The van der Waals surface area contributed by atoms with Crippen LogP contribution in [0.4, 0.5) is 0 Å². The third-order valence-corrected chi connectivity index (χ3v) is 4.24. The van der Waals surface area contributed by atoms with E-state index in [0.717, 1.165) is 27.9 Å². The van der Waals surface area contributed by atoms with Crippen LogP contribution in [0.1, 0.15) is 31.3 Å². The van der Waals surface area contributed by atoms with E-state index in [1.165, 1.54) is 0 Å². The van der Waals surface area contributed by atoms with Gasteiger partial charge in [0.2, 0.25) is 0 Å². The van der Waals surface area contributed by atoms with Crippen LogP contribution in [0.25, 0.3) is 10.0 Å². The molecule has 5 heteroatoms. The molecule has 0 spiro atoms. The second-order valence-corrected chi connectivity index (χ2v) is 5.37. The van der Waals surface area contributed by atoms with Crippen molar-refractivity contribution >= 4 is 22.7 Å². The number of aromatic nitrogens is 2. The van der Waals surface area contributed by atoms with E-state index in [-0.39, 0.29) is 0 Å². The van der Waals surface area contributed by atoms with Crippen LogP contribution in [0, 0.1) is 6.92 Å². The van der Waals surface area contributed by atoms with Crippen LogP contribution < -0.4 is 5.32 Å². The van der Waals surface area contributed by atoms with Gasteiger partial charge in [-0.1, -0.05) is 6.92 Å². The van der Waals surface area contributed by atoms with E-state index >= 15 is 0 Å². The maximum absolute atomic E-state index is 4.62. The minimum absolute atomic E-state index is 0.316. The monoisotopic (exact) mass is 253 g/mol. The fraction of sp³-hybridized carbons (Fsp3) is 0.455. The quantitative estimate of drug-likeness (QED) is 0.909. The number of hydrogen-bond acceptors (Lipinski definition) is 5. The first-order chi connectivity index (χ1) is 7.70. The summed E-state index contributed by atoms with van der Waals surface area (Å²) in [6.07, 6.45) is 0. The first-order valence-electron chi connectivity index (χ1n) is 5.32. The van der Waals surface area contributed by atoms with Crippen molar-refractivity contribution in [3.63, 3.8) is 0 Å². The summed E-state index contributed by atoms with van der Waals surface area (Å²) in [6, 6.07) is 0.316. The Morgan fingerprint density at radius 1 is 1.25 bits per heavy atom. The predicted octanol–water partition coefficient (Wildman–Crippen LogP) is 3.25. The van der Waals surface area contributed by atoms with Gasteiger partial charge in [0.05, 0.1) is 5.69 Å². The van der Waals surface area contributed by atoms with Crippen LogP contribution in [0.15, 0.2) is 10.8 Å². The highest BCUT2D eigenvalue weighted by molar-refractivity contribution is 7.19. The molecule has 3 nitrogen and oxygen atoms in total. The number of hydrogen-bond donors (Lipinski definition) is 1. The predicted molar refractivity (Wildman–Crippen MR) is 70.1 cm³/mol. The van der Waals surface area contributed by atoms with Crippen molar-refractivity contribution < 1.29 is 0 Å². The Bertz CT molecular complexity index is 461. The summed E-state index contributed by atoms with van der Waals surface area (Å²) in [5, 5.41) is 9.58. The highest BCUT2D eigenvalue weighted by Gasteiger charge is 2.11. The molecule has 0 bridgehead atoms. The minimum Gasteiger partial charge on any atom is -0.309 e. The Kier molecular flexibility index (Phi) is 3.68. The van der Waals surface area contributed by atoms with E-state index in [1.807, 2.05) is 6.92 Å². The van der Waals surface area contributed by atoms with E-state index in [4.69, 9.17) is 0 Å². The average Bonchev–Trinajstić information content (AvgIpc) is 2.85. The highest BCUT2D eigenvalue weighted by Crippen LogP contribution is 2.28. The smallest absolute Gasteiger partial charge is 0.152 e. The summed E-state index contributed by atoms with van der Waals surface area (Å²) < 4.78 is 0. The second-order valence-electron chi connectivity index (χ2n) is 3.65. The molecule has 0 aliphatic carbocycles. The summed E-state index contributed by atoms with van der Waals surface area (Å²) in [5.74, 6) is 0. The van der Waals surface area contributed by atoms with Gasteiger partial charge in [-0.25, -0.2) is 9.97 Å². The Morgan fingerprint density at radius 2 is 1.94 bits per heavy atom. The molecule has 1 unspecified atom stereocenters. The molecule has 0 aliphatic rings. The fourth-order valence-electron chi connectivity index (χ4n) is 1.45. The zero-order valence-corrected chi connectivity index (χ0v) is 11.3. The van der Waals surface area contributed by atoms with Crippen LogP contribution in [0.2, 0.25) is 0 Å². The topological polar surface area (TPSA) is 37.8 Å². The van der Waals surface area contributed by atoms with Gasteiger partial charge in [-0.15, -0.1) is 22.7 Å². The van der Waals surface area contributed by atoms with Crippen LogP contribution in [-0.4, -0.2) is 16.5 Å². The van der Waals surface area contributed by atoms with E-state index < -0.39 is 0 Å². The van der Waals surface area contributed by atoms with Crippen molar-refractivity contribution in [2.24, 2.45) is 0 Å². The highest BCUT2D eigenvalue weighted by atomic mass is 32.1. The number of aryl methyl sites for hydroxylation is 1. The first-order valence-corrected chi connectivity index (χ1v) is 7.08. The van der Waals surface area contributed by atoms with Crippen molar-refractivity contribution in [3.05, 3.63) is 22.1 Å². The fourth-order valence-corrected chi connectivity index (χ4v) is 3.21. The van der Waals surface area contributed by atoms with Crippen molar-refractivity contribution in [3.8, 4) is 10.0 Å². The Hall–Kier alpha value is -0.780. The lowest BCUT2D eigenvalue weighted by atomic mass is 10.2. The van der Waals surface area contributed by atoms with Gasteiger partial charge in [0.25, 0.3) is 0 Å². The SMILES string of the molecule is CCNC(C)c1csc(-c2nc(C)cs2)n1. The van der Waals surface area contributed by atoms with Gasteiger partial charge in [0, 0.05) is 22.5 Å². The van der Waals surface area contributed by atoms with Gasteiger partial charge in [0.15, 0.2) is 10.0 Å². The van der Waals surface area contributed by atoms with Crippen molar-refractivity contribution in [2.45, 2.75) is 26.8 Å². The molecule has 86 valence electrons. The number of thiazole rings is 2. The van der Waals surface area contributed by atoms with Gasteiger partial charge >= 0.3 is 0 Å². The van der Waals surface area contributed by atoms with Crippen LogP contribution in [0.5, 0.6) is 0 Å². The number of nitrogens with zero attached hydrogens (tertiary/aromatic N) is 2. The molecule has 0 saturated heterocycles. The van der Waals surface area contributed by atoms with Gasteiger partial charge < -0.3 is 5.32 Å². The Morgan fingerprint density at radius 3 is 2.56 bits per heavy atom. The summed E-state index contributed by atoms with van der Waals surface area (Å²) in [6.45, 7) is 7.21. The molecule has 0 radical (unpaired) electrons. The van der Waals surface area contributed by atoms with Crippen molar-refractivity contribution in [1.29, 1.82) is 0 Å². The van der Waals surface area contributed by atoms with Gasteiger partial charge in [-0.05, 0) is 20.4 Å². The first kappa shape index (κ1) is 11.7. The molecule has 0 fully saturated rings. The lowest BCUT2D eigenvalue weighted by Crippen LogP contribution is -2.17. The third kappa shape index (κ3) is 2.48. The van der Waals surface area contributed by atoms with E-state index in [9.17, 15) is 0 Å². The van der Waals surface area contributed by atoms with Gasteiger partial charge in [0.1, 0.15) is 0 Å². The Labute approximate surface area is 104 Å². The van der Waals surface area contributed by atoms with E-state index in [2.05, 4.69) is 39.9 Å². The molecular weight excluding hydrogens is 238 g/mol. The molecule has 2 aromatic rings. The van der Waals surface area contributed by atoms with Gasteiger partial charge in [-0.3, -0.25) is 0 Å². The molecule has 0 aromatic carbocycles. The van der Waals surface area contributed by atoms with Crippen molar-refractivity contribution in [1.82, 2.24) is 15.3 Å². The molecule has 2 aromatic heterocycles. The summed E-state index contributed by atoms with van der Waals surface area (Å²) in [5.41, 5.74) is 2.17. The molecular formula is C11H15N3S2. The summed E-state index contributed by atoms with van der Waals surface area (Å²) in [7, 11) is 0. The third-order valence-electron chi connectivity index (χ3n) is 2.28. The molecule has 16 heavy (non-hydrogen) atoms. The van der Waals surface area contributed by atoms with Gasteiger partial charge in [-0.2, -0.15) is 0 Å². The molecule has 2 rings (SSSR count). The number of rotatable bonds is 4. The second kappa shape index (κ2) is 5.03. The molecule has 2 heterocycles.